The second kappa shape index (κ2) is 6.06. The molecule has 2 atom stereocenters. The van der Waals surface area contributed by atoms with Gasteiger partial charge in [-0.2, -0.15) is 0 Å². The highest BCUT2D eigenvalue weighted by Crippen LogP contribution is 2.43. The molecule has 3 nitrogen and oxygen atoms in total. The molecule has 2 aromatic rings. The van der Waals surface area contributed by atoms with Gasteiger partial charge in [0.25, 0.3) is 0 Å². The molecule has 0 spiro atoms. The Kier molecular flexibility index (Phi) is 3.91. The van der Waals surface area contributed by atoms with Crippen LogP contribution in [0.4, 0.5) is 5.69 Å². The normalized spacial score (nSPS) is 22.5. The first-order valence-corrected chi connectivity index (χ1v) is 9.33. The standard InChI is InChI=1S/C18H17N3S2/c1-11-3-7-13(8-4-11)16-20-15-17(22-16)23-18(21-15)19-14-9-5-12(2)6-10-14/h3-10,15,17H,1-2H3,(H,19,21)/t15-,17-/m1/s1. The van der Waals surface area contributed by atoms with E-state index in [9.17, 15) is 0 Å². The van der Waals surface area contributed by atoms with Crippen molar-refractivity contribution in [1.82, 2.24) is 0 Å². The summed E-state index contributed by atoms with van der Waals surface area (Å²) in [5.41, 5.74) is 4.80. The number of nitrogens with zero attached hydrogens (tertiary/aromatic N) is 2. The molecule has 2 aliphatic heterocycles. The number of hydrogen-bond acceptors (Lipinski definition) is 5. The minimum absolute atomic E-state index is 0.0225. The first-order chi connectivity index (χ1) is 11.2. The highest BCUT2D eigenvalue weighted by atomic mass is 32.2. The highest BCUT2D eigenvalue weighted by molar-refractivity contribution is 8.31. The van der Waals surface area contributed by atoms with Gasteiger partial charge in [-0.25, -0.2) is 9.98 Å². The Labute approximate surface area is 144 Å². The van der Waals surface area contributed by atoms with Crippen LogP contribution >= 0.6 is 23.5 Å². The molecule has 0 saturated heterocycles. The summed E-state index contributed by atoms with van der Waals surface area (Å²) in [4.78, 5) is 9.51. The van der Waals surface area contributed by atoms with Gasteiger partial charge in [-0.3, -0.25) is 0 Å². The van der Waals surface area contributed by atoms with Crippen molar-refractivity contribution in [3.8, 4) is 0 Å². The number of rotatable bonds is 2. The van der Waals surface area contributed by atoms with Gasteiger partial charge in [0, 0.05) is 11.3 Å². The smallest absolute Gasteiger partial charge is 0.165 e. The Balaban J connectivity index is 1.48. The van der Waals surface area contributed by atoms with E-state index in [2.05, 4.69) is 67.7 Å². The Hall–Kier alpha value is -1.72. The van der Waals surface area contributed by atoms with E-state index in [1.165, 1.54) is 16.7 Å². The maximum Gasteiger partial charge on any atom is 0.165 e. The van der Waals surface area contributed by atoms with Crippen molar-refractivity contribution in [2.45, 2.75) is 24.6 Å². The Morgan fingerprint density at radius 3 is 2.13 bits per heavy atom. The van der Waals surface area contributed by atoms with Gasteiger partial charge in [0.05, 0.1) is 0 Å². The molecule has 0 aliphatic carbocycles. The van der Waals surface area contributed by atoms with Gasteiger partial charge in [0.2, 0.25) is 0 Å². The van der Waals surface area contributed by atoms with Gasteiger partial charge in [-0.05, 0) is 26.0 Å². The number of hydrogen-bond donors (Lipinski definition) is 1. The minimum Gasteiger partial charge on any atom is -0.335 e. The van der Waals surface area contributed by atoms with E-state index < -0.39 is 0 Å². The number of nitrogens with one attached hydrogen (secondary N) is 1. The Bertz CT molecular complexity index is 779. The average molecular weight is 339 g/mol. The second-order valence-corrected chi connectivity index (χ2v) is 8.30. The fraction of sp³-hybridized carbons (Fsp3) is 0.222. The molecule has 2 aromatic carbocycles. The molecule has 1 N–H and O–H groups in total. The SMILES string of the molecule is Cc1ccc(NC2=N[C@H]3N=C(c4ccc(C)cc4)S[C@@H]3S2)cc1. The zero-order valence-electron chi connectivity index (χ0n) is 13.0. The second-order valence-electron chi connectivity index (χ2n) is 5.74. The van der Waals surface area contributed by atoms with Crippen LogP contribution in [-0.4, -0.2) is 21.0 Å². The van der Waals surface area contributed by atoms with Gasteiger partial charge in [0.15, 0.2) is 11.3 Å². The van der Waals surface area contributed by atoms with E-state index in [1.807, 2.05) is 11.8 Å². The molecule has 2 aliphatic rings. The molecule has 23 heavy (non-hydrogen) atoms. The summed E-state index contributed by atoms with van der Waals surface area (Å²) in [6.07, 6.45) is 0.0225. The largest absolute Gasteiger partial charge is 0.335 e. The van der Waals surface area contributed by atoms with E-state index >= 15 is 0 Å². The van der Waals surface area contributed by atoms with Gasteiger partial charge < -0.3 is 5.32 Å². The Morgan fingerprint density at radius 2 is 1.48 bits per heavy atom. The van der Waals surface area contributed by atoms with Crippen molar-refractivity contribution in [3.05, 3.63) is 65.2 Å². The number of amidine groups is 1. The summed E-state index contributed by atoms with van der Waals surface area (Å²) in [5.74, 6) is 0. The summed E-state index contributed by atoms with van der Waals surface area (Å²) >= 11 is 3.58. The molecule has 0 bridgehead atoms. The van der Waals surface area contributed by atoms with Crippen LogP contribution in [0.25, 0.3) is 0 Å². The van der Waals surface area contributed by atoms with Crippen LogP contribution in [0, 0.1) is 13.8 Å². The summed E-state index contributed by atoms with van der Waals surface area (Å²) < 4.78 is 0.347. The van der Waals surface area contributed by atoms with Crippen LogP contribution in [0.3, 0.4) is 0 Å². The number of aliphatic imine (C=N–C) groups is 2. The van der Waals surface area contributed by atoms with Gasteiger partial charge in [-0.15, -0.1) is 0 Å². The van der Waals surface area contributed by atoms with Crippen LogP contribution < -0.4 is 5.32 Å². The topological polar surface area (TPSA) is 36.8 Å². The first kappa shape index (κ1) is 14.8. The van der Waals surface area contributed by atoms with Gasteiger partial charge in [-0.1, -0.05) is 71.0 Å². The lowest BCUT2D eigenvalue weighted by Crippen LogP contribution is -2.06. The third-order valence-electron chi connectivity index (χ3n) is 3.80. The van der Waals surface area contributed by atoms with Gasteiger partial charge in [0.1, 0.15) is 9.63 Å². The molecule has 4 rings (SSSR count). The fourth-order valence-electron chi connectivity index (χ4n) is 2.48. The third kappa shape index (κ3) is 3.16. The number of benzene rings is 2. The molecule has 0 fully saturated rings. The summed E-state index contributed by atoms with van der Waals surface area (Å²) in [7, 11) is 0. The molecule has 116 valence electrons. The van der Waals surface area contributed by atoms with Crippen LogP contribution in [0.5, 0.6) is 0 Å². The monoisotopic (exact) mass is 339 g/mol. The average Bonchev–Trinajstić information content (AvgIpc) is 3.09. The van der Waals surface area contributed by atoms with Crippen molar-refractivity contribution >= 4 is 39.4 Å². The molecular weight excluding hydrogens is 322 g/mol. The molecule has 0 radical (unpaired) electrons. The predicted molar refractivity (Wildman–Crippen MR) is 103 cm³/mol. The third-order valence-corrected chi connectivity index (χ3v) is 6.32. The number of aryl methyl sites for hydroxylation is 2. The minimum atomic E-state index is 0.0225. The van der Waals surface area contributed by atoms with Crippen molar-refractivity contribution in [3.63, 3.8) is 0 Å². The van der Waals surface area contributed by atoms with Crippen molar-refractivity contribution in [1.29, 1.82) is 0 Å². The van der Waals surface area contributed by atoms with E-state index in [-0.39, 0.29) is 6.17 Å². The lowest BCUT2D eigenvalue weighted by atomic mass is 10.2. The molecule has 5 heteroatoms. The van der Waals surface area contributed by atoms with Crippen LogP contribution in [0.15, 0.2) is 58.5 Å². The lowest BCUT2D eigenvalue weighted by molar-refractivity contribution is 0.809. The maximum absolute atomic E-state index is 4.79. The molecular formula is C18H17N3S2. The van der Waals surface area contributed by atoms with Crippen LogP contribution in [0.2, 0.25) is 0 Å². The molecule has 0 saturated carbocycles. The van der Waals surface area contributed by atoms with Crippen molar-refractivity contribution in [2.75, 3.05) is 5.32 Å². The van der Waals surface area contributed by atoms with Crippen molar-refractivity contribution in [2.24, 2.45) is 9.98 Å². The summed E-state index contributed by atoms with van der Waals surface area (Å²) in [6, 6.07) is 16.9. The zero-order valence-corrected chi connectivity index (χ0v) is 14.6. The zero-order chi connectivity index (χ0) is 15.8. The highest BCUT2D eigenvalue weighted by Gasteiger charge is 2.37. The number of thioether (sulfide) groups is 2. The van der Waals surface area contributed by atoms with E-state index in [4.69, 9.17) is 9.98 Å². The van der Waals surface area contributed by atoms with Crippen LogP contribution in [-0.2, 0) is 0 Å². The van der Waals surface area contributed by atoms with Crippen LogP contribution in [0.1, 0.15) is 16.7 Å². The Morgan fingerprint density at radius 1 is 0.826 bits per heavy atom. The first-order valence-electron chi connectivity index (χ1n) is 7.57. The summed E-state index contributed by atoms with van der Waals surface area (Å²) in [5, 5.41) is 5.45. The maximum atomic E-state index is 4.79. The lowest BCUT2D eigenvalue weighted by Gasteiger charge is -2.07. The molecule has 0 unspecified atom stereocenters. The van der Waals surface area contributed by atoms with Crippen molar-refractivity contribution < 1.29 is 0 Å². The fourth-order valence-corrected chi connectivity index (χ4v) is 4.93. The molecule has 0 aromatic heterocycles. The quantitative estimate of drug-likeness (QED) is 0.864. The molecule has 2 heterocycles. The summed E-state index contributed by atoms with van der Waals surface area (Å²) in [6.45, 7) is 4.19. The van der Waals surface area contributed by atoms with Gasteiger partial charge >= 0.3 is 0 Å². The van der Waals surface area contributed by atoms with E-state index in [0.717, 1.165) is 15.9 Å². The van der Waals surface area contributed by atoms with E-state index in [0.29, 0.717) is 4.58 Å². The number of fused-ring (bicyclic) bond motifs is 1. The van der Waals surface area contributed by atoms with E-state index in [1.54, 1.807) is 11.8 Å². The molecule has 0 amide bonds. The number of anilines is 1. The predicted octanol–water partition coefficient (Wildman–Crippen LogP) is 4.66.